The molecule has 4 N–H and O–H groups in total. The Balaban J connectivity index is 1.89. The zero-order valence-electron chi connectivity index (χ0n) is 15.8. The van der Waals surface area contributed by atoms with Crippen molar-refractivity contribution in [2.24, 2.45) is 5.84 Å². The molecule has 27 heavy (non-hydrogen) atoms. The molecule has 0 spiro atoms. The summed E-state index contributed by atoms with van der Waals surface area (Å²) in [7, 11) is 0. The minimum absolute atomic E-state index is 0.259. The number of aromatic nitrogens is 3. The lowest BCUT2D eigenvalue weighted by molar-refractivity contribution is 0.0903. The van der Waals surface area contributed by atoms with E-state index in [-0.39, 0.29) is 17.9 Å². The molecule has 1 aliphatic carbocycles. The summed E-state index contributed by atoms with van der Waals surface area (Å²) in [6, 6.07) is 0.259. The van der Waals surface area contributed by atoms with Crippen molar-refractivity contribution in [2.45, 2.75) is 64.0 Å². The van der Waals surface area contributed by atoms with Crippen LogP contribution in [0.1, 0.15) is 67.4 Å². The highest BCUT2D eigenvalue weighted by Crippen LogP contribution is 2.40. The predicted molar refractivity (Wildman–Crippen MR) is 104 cm³/mol. The van der Waals surface area contributed by atoms with Gasteiger partial charge in [-0.3, -0.25) is 10.2 Å². The van der Waals surface area contributed by atoms with Gasteiger partial charge in [-0.1, -0.05) is 12.8 Å². The van der Waals surface area contributed by atoms with E-state index < -0.39 is 0 Å². The number of nitrogen functional groups attached to an aromatic ring is 1. The number of aryl methyl sites for hydroxylation is 1. The van der Waals surface area contributed by atoms with Gasteiger partial charge in [0.15, 0.2) is 5.65 Å². The van der Waals surface area contributed by atoms with Gasteiger partial charge >= 0.3 is 0 Å². The number of anilines is 1. The van der Waals surface area contributed by atoms with Crippen LogP contribution in [0, 0.1) is 0 Å². The molecule has 0 unspecified atom stereocenters. The third kappa shape index (κ3) is 3.39. The number of pyridine rings is 1. The Morgan fingerprint density at radius 1 is 1.30 bits per heavy atom. The quantitative estimate of drug-likeness (QED) is 0.422. The maximum absolute atomic E-state index is 12.8. The first-order valence-corrected chi connectivity index (χ1v) is 9.97. The van der Waals surface area contributed by atoms with E-state index in [9.17, 15) is 4.79 Å². The predicted octanol–water partition coefficient (Wildman–Crippen LogP) is 2.30. The first-order valence-electron chi connectivity index (χ1n) is 9.97. The van der Waals surface area contributed by atoms with Crippen LogP contribution in [0.5, 0.6) is 0 Å². The first-order chi connectivity index (χ1) is 13.2. The van der Waals surface area contributed by atoms with E-state index in [2.05, 4.69) is 22.8 Å². The van der Waals surface area contributed by atoms with Crippen molar-refractivity contribution in [1.29, 1.82) is 0 Å². The highest BCUT2D eigenvalue weighted by atomic mass is 16.5. The number of carbonyl (C=O) groups excluding carboxylic acids is 1. The normalized spacial score (nSPS) is 18.9. The van der Waals surface area contributed by atoms with Crippen molar-refractivity contribution < 1.29 is 9.53 Å². The van der Waals surface area contributed by atoms with Gasteiger partial charge in [-0.15, -0.1) is 0 Å². The Hall–Kier alpha value is -2.19. The van der Waals surface area contributed by atoms with E-state index in [1.165, 1.54) is 12.8 Å². The second-order valence-corrected chi connectivity index (χ2v) is 7.43. The van der Waals surface area contributed by atoms with Gasteiger partial charge in [0.05, 0.1) is 28.5 Å². The van der Waals surface area contributed by atoms with Crippen LogP contribution in [-0.4, -0.2) is 39.9 Å². The van der Waals surface area contributed by atoms with E-state index >= 15 is 0 Å². The van der Waals surface area contributed by atoms with Gasteiger partial charge in [-0.05, 0) is 32.6 Å². The van der Waals surface area contributed by atoms with Crippen LogP contribution in [-0.2, 0) is 11.3 Å². The number of ether oxygens (including phenoxy) is 1. The summed E-state index contributed by atoms with van der Waals surface area (Å²) in [6.07, 6.45) is 8.08. The van der Waals surface area contributed by atoms with Crippen molar-refractivity contribution in [3.8, 4) is 0 Å². The van der Waals surface area contributed by atoms with Crippen molar-refractivity contribution in [3.05, 3.63) is 17.5 Å². The van der Waals surface area contributed by atoms with Crippen LogP contribution >= 0.6 is 0 Å². The van der Waals surface area contributed by atoms with E-state index in [4.69, 9.17) is 15.6 Å². The van der Waals surface area contributed by atoms with Crippen LogP contribution in [0.3, 0.4) is 0 Å². The standard InChI is InChI=1S/C19H28N6O2/c1-2-25-18-14(11-21-25)17(22-13-7-9-27-10-8-13)15(19(26)24-20)16(23-18)12-5-3-4-6-12/h11-13H,2-10,20H2,1H3,(H,22,23)(H,24,26). The fourth-order valence-electron chi connectivity index (χ4n) is 4.33. The summed E-state index contributed by atoms with van der Waals surface area (Å²) >= 11 is 0. The van der Waals surface area contributed by atoms with Crippen LogP contribution < -0.4 is 16.6 Å². The third-order valence-corrected chi connectivity index (χ3v) is 5.78. The molecule has 3 heterocycles. The molecule has 0 atom stereocenters. The number of nitrogens with two attached hydrogens (primary N) is 1. The number of hydrazine groups is 1. The molecule has 146 valence electrons. The molecular formula is C19H28N6O2. The number of hydrogen-bond acceptors (Lipinski definition) is 6. The summed E-state index contributed by atoms with van der Waals surface area (Å²) in [5.41, 5.74) is 5.43. The molecule has 1 saturated carbocycles. The molecule has 0 radical (unpaired) electrons. The number of rotatable bonds is 5. The SMILES string of the molecule is CCn1ncc2c(NC3CCOCC3)c(C(=O)NN)c(C3CCCC3)nc21. The third-order valence-electron chi connectivity index (χ3n) is 5.78. The van der Waals surface area contributed by atoms with Gasteiger partial charge in [-0.25, -0.2) is 15.5 Å². The highest BCUT2D eigenvalue weighted by molar-refractivity contribution is 6.07. The van der Waals surface area contributed by atoms with Gasteiger partial charge in [0.25, 0.3) is 5.91 Å². The monoisotopic (exact) mass is 372 g/mol. The maximum Gasteiger partial charge on any atom is 0.269 e. The summed E-state index contributed by atoms with van der Waals surface area (Å²) in [5.74, 6) is 5.56. The number of amides is 1. The molecule has 4 rings (SSSR count). The van der Waals surface area contributed by atoms with Crippen LogP contribution in [0.4, 0.5) is 5.69 Å². The van der Waals surface area contributed by atoms with E-state index in [0.717, 1.165) is 67.9 Å². The molecule has 2 aliphatic rings. The lowest BCUT2D eigenvalue weighted by atomic mass is 9.95. The Morgan fingerprint density at radius 2 is 2.04 bits per heavy atom. The van der Waals surface area contributed by atoms with Gasteiger partial charge in [0.2, 0.25) is 0 Å². The largest absolute Gasteiger partial charge is 0.381 e. The minimum atomic E-state index is -0.287. The summed E-state index contributed by atoms with van der Waals surface area (Å²) in [5, 5.41) is 8.99. The number of carbonyl (C=O) groups is 1. The lowest BCUT2D eigenvalue weighted by Crippen LogP contribution is -2.34. The summed E-state index contributed by atoms with van der Waals surface area (Å²) in [6.45, 7) is 4.25. The van der Waals surface area contributed by atoms with E-state index in [0.29, 0.717) is 5.56 Å². The summed E-state index contributed by atoms with van der Waals surface area (Å²) < 4.78 is 7.38. The number of nitrogens with zero attached hydrogens (tertiary/aromatic N) is 3. The number of nitrogens with one attached hydrogen (secondary N) is 2. The molecule has 0 bridgehead atoms. The van der Waals surface area contributed by atoms with E-state index in [1.807, 2.05) is 4.68 Å². The van der Waals surface area contributed by atoms with Crippen LogP contribution in [0.15, 0.2) is 6.20 Å². The average Bonchev–Trinajstić information content (AvgIpc) is 3.37. The molecule has 2 aromatic rings. The topological polar surface area (TPSA) is 107 Å². The van der Waals surface area contributed by atoms with Gasteiger partial charge in [0.1, 0.15) is 0 Å². The van der Waals surface area contributed by atoms with Gasteiger partial charge in [0, 0.05) is 31.7 Å². The Bertz CT molecular complexity index is 821. The summed E-state index contributed by atoms with van der Waals surface area (Å²) in [4.78, 5) is 17.7. The molecule has 1 saturated heterocycles. The van der Waals surface area contributed by atoms with Crippen LogP contribution in [0.2, 0.25) is 0 Å². The number of fused-ring (bicyclic) bond motifs is 1. The Morgan fingerprint density at radius 3 is 2.70 bits per heavy atom. The zero-order chi connectivity index (χ0) is 18.8. The fraction of sp³-hybridized carbons (Fsp3) is 0.632. The number of hydrogen-bond donors (Lipinski definition) is 3. The van der Waals surface area contributed by atoms with Crippen molar-refractivity contribution >= 4 is 22.6 Å². The highest BCUT2D eigenvalue weighted by Gasteiger charge is 2.30. The average molecular weight is 372 g/mol. The molecular weight excluding hydrogens is 344 g/mol. The second-order valence-electron chi connectivity index (χ2n) is 7.43. The lowest BCUT2D eigenvalue weighted by Gasteiger charge is -2.27. The molecule has 8 heteroatoms. The smallest absolute Gasteiger partial charge is 0.269 e. The van der Waals surface area contributed by atoms with Crippen molar-refractivity contribution in [2.75, 3.05) is 18.5 Å². The molecule has 2 aromatic heterocycles. The zero-order valence-corrected chi connectivity index (χ0v) is 15.8. The minimum Gasteiger partial charge on any atom is -0.381 e. The van der Waals surface area contributed by atoms with Gasteiger partial charge in [-0.2, -0.15) is 5.10 Å². The maximum atomic E-state index is 12.8. The van der Waals surface area contributed by atoms with Crippen molar-refractivity contribution in [3.63, 3.8) is 0 Å². The molecule has 1 aliphatic heterocycles. The second kappa shape index (κ2) is 7.82. The van der Waals surface area contributed by atoms with E-state index in [1.54, 1.807) is 6.20 Å². The Kier molecular flexibility index (Phi) is 5.27. The van der Waals surface area contributed by atoms with Crippen LogP contribution in [0.25, 0.3) is 11.0 Å². The Labute approximate surface area is 158 Å². The van der Waals surface area contributed by atoms with Crippen molar-refractivity contribution in [1.82, 2.24) is 20.2 Å². The van der Waals surface area contributed by atoms with Gasteiger partial charge < -0.3 is 10.1 Å². The fourth-order valence-corrected chi connectivity index (χ4v) is 4.33. The molecule has 1 amide bonds. The molecule has 2 fully saturated rings. The first kappa shape index (κ1) is 18.2. The molecule has 8 nitrogen and oxygen atoms in total. The molecule has 0 aromatic carbocycles.